The molecule has 0 aromatic heterocycles. The number of rotatable bonds is 6. The second-order valence-electron chi connectivity index (χ2n) is 9.02. The first kappa shape index (κ1) is 17.3. The minimum atomic E-state index is 0.290. The van der Waals surface area contributed by atoms with Gasteiger partial charge in [-0.15, -0.1) is 0 Å². The molecule has 1 N–H and O–H groups in total. The van der Waals surface area contributed by atoms with E-state index in [1.807, 2.05) is 0 Å². The third-order valence-electron chi connectivity index (χ3n) is 5.57. The van der Waals surface area contributed by atoms with Gasteiger partial charge in [0.05, 0.1) is 11.7 Å². The molecule has 1 heterocycles. The summed E-state index contributed by atoms with van der Waals surface area (Å²) in [6.45, 7) is 14.0. The molecule has 0 aromatic rings. The van der Waals surface area contributed by atoms with Crippen molar-refractivity contribution in [1.82, 2.24) is 5.32 Å². The van der Waals surface area contributed by atoms with E-state index < -0.39 is 0 Å². The maximum Gasteiger partial charge on any atom is 0.0687 e. The van der Waals surface area contributed by atoms with Gasteiger partial charge in [0, 0.05) is 0 Å². The van der Waals surface area contributed by atoms with Gasteiger partial charge in [-0.25, -0.2) is 0 Å². The highest BCUT2D eigenvalue weighted by molar-refractivity contribution is 4.94. The zero-order valence-electron chi connectivity index (χ0n) is 15.0. The molecule has 0 bridgehead atoms. The van der Waals surface area contributed by atoms with E-state index in [0.717, 1.165) is 19.0 Å². The zero-order chi connectivity index (χ0) is 15.5. The zero-order valence-corrected chi connectivity index (χ0v) is 15.0. The standard InChI is InChI=1S/C19H37NO/c1-15(2)13-20-14-16(18(3,4)5)12-17-8-11-19(21-17)9-6-7-10-19/h15-17,20H,6-14H2,1-5H3. The van der Waals surface area contributed by atoms with Crippen LogP contribution in [0.25, 0.3) is 0 Å². The SMILES string of the molecule is CC(C)CNCC(CC1CCC2(CCCC2)O1)C(C)(C)C. The van der Waals surface area contributed by atoms with Crippen molar-refractivity contribution < 1.29 is 4.74 Å². The van der Waals surface area contributed by atoms with Gasteiger partial charge in [-0.2, -0.15) is 0 Å². The second-order valence-corrected chi connectivity index (χ2v) is 9.02. The highest BCUT2D eigenvalue weighted by atomic mass is 16.5. The van der Waals surface area contributed by atoms with Crippen LogP contribution >= 0.6 is 0 Å². The molecular weight excluding hydrogens is 258 g/mol. The van der Waals surface area contributed by atoms with Gasteiger partial charge < -0.3 is 10.1 Å². The maximum atomic E-state index is 6.54. The topological polar surface area (TPSA) is 21.3 Å². The van der Waals surface area contributed by atoms with Gasteiger partial charge >= 0.3 is 0 Å². The fraction of sp³-hybridized carbons (Fsp3) is 1.00. The molecule has 2 aliphatic rings. The molecule has 1 aliphatic heterocycles. The second kappa shape index (κ2) is 7.00. The van der Waals surface area contributed by atoms with E-state index in [0.29, 0.717) is 23.0 Å². The average molecular weight is 296 g/mol. The van der Waals surface area contributed by atoms with Crippen LogP contribution in [-0.4, -0.2) is 24.8 Å². The summed E-state index contributed by atoms with van der Waals surface area (Å²) >= 11 is 0. The first-order chi connectivity index (χ1) is 9.81. The lowest BCUT2D eigenvalue weighted by atomic mass is 9.77. The van der Waals surface area contributed by atoms with Crippen LogP contribution < -0.4 is 5.32 Å². The van der Waals surface area contributed by atoms with Crippen LogP contribution in [0.5, 0.6) is 0 Å². The summed E-state index contributed by atoms with van der Waals surface area (Å²) in [5, 5.41) is 3.67. The van der Waals surface area contributed by atoms with Crippen molar-refractivity contribution in [1.29, 1.82) is 0 Å². The molecule has 2 rings (SSSR count). The number of nitrogens with one attached hydrogen (secondary N) is 1. The van der Waals surface area contributed by atoms with Crippen molar-refractivity contribution in [2.24, 2.45) is 17.3 Å². The van der Waals surface area contributed by atoms with Gasteiger partial charge in [-0.05, 0) is 62.4 Å². The highest BCUT2D eigenvalue weighted by Gasteiger charge is 2.43. The third-order valence-corrected chi connectivity index (χ3v) is 5.57. The summed E-state index contributed by atoms with van der Waals surface area (Å²) in [6.07, 6.45) is 9.73. The lowest BCUT2D eigenvalue weighted by Gasteiger charge is -2.34. The third kappa shape index (κ3) is 4.96. The molecule has 1 saturated carbocycles. The Hall–Kier alpha value is -0.0800. The molecule has 2 nitrogen and oxygen atoms in total. The molecule has 2 heteroatoms. The van der Waals surface area contributed by atoms with Crippen molar-refractivity contribution in [3.63, 3.8) is 0 Å². The van der Waals surface area contributed by atoms with Crippen LogP contribution in [0.15, 0.2) is 0 Å². The van der Waals surface area contributed by atoms with Crippen LogP contribution in [0.3, 0.4) is 0 Å². The van der Waals surface area contributed by atoms with Gasteiger partial charge in [0.15, 0.2) is 0 Å². The molecule has 1 saturated heterocycles. The number of hydrogen-bond acceptors (Lipinski definition) is 2. The van der Waals surface area contributed by atoms with Crippen molar-refractivity contribution in [2.75, 3.05) is 13.1 Å². The minimum Gasteiger partial charge on any atom is -0.372 e. The van der Waals surface area contributed by atoms with Crippen LogP contribution in [-0.2, 0) is 4.74 Å². The normalized spacial score (nSPS) is 26.9. The Labute approximate surface area is 132 Å². The van der Waals surface area contributed by atoms with E-state index in [1.165, 1.54) is 44.9 Å². The van der Waals surface area contributed by atoms with E-state index in [2.05, 4.69) is 39.9 Å². The lowest BCUT2D eigenvalue weighted by molar-refractivity contribution is -0.0499. The van der Waals surface area contributed by atoms with Gasteiger partial charge in [-0.3, -0.25) is 0 Å². The van der Waals surface area contributed by atoms with Gasteiger partial charge in [-0.1, -0.05) is 47.5 Å². The largest absolute Gasteiger partial charge is 0.372 e. The Morgan fingerprint density at radius 2 is 1.76 bits per heavy atom. The van der Waals surface area contributed by atoms with E-state index >= 15 is 0 Å². The van der Waals surface area contributed by atoms with Crippen LogP contribution in [0.1, 0.15) is 79.6 Å². The molecular formula is C19H37NO. The van der Waals surface area contributed by atoms with Gasteiger partial charge in [0.1, 0.15) is 0 Å². The summed E-state index contributed by atoms with van der Waals surface area (Å²) in [5.74, 6) is 1.44. The number of ether oxygens (including phenoxy) is 1. The van der Waals surface area contributed by atoms with Crippen LogP contribution in [0, 0.1) is 17.3 Å². The van der Waals surface area contributed by atoms with Crippen LogP contribution in [0.2, 0.25) is 0 Å². The summed E-state index contributed by atoms with van der Waals surface area (Å²) in [6, 6.07) is 0. The molecule has 0 amide bonds. The summed E-state index contributed by atoms with van der Waals surface area (Å²) < 4.78 is 6.54. The maximum absolute atomic E-state index is 6.54. The van der Waals surface area contributed by atoms with Gasteiger partial charge in [0.2, 0.25) is 0 Å². The molecule has 2 fully saturated rings. The Morgan fingerprint density at radius 3 is 2.33 bits per heavy atom. The molecule has 1 spiro atoms. The molecule has 21 heavy (non-hydrogen) atoms. The van der Waals surface area contributed by atoms with Crippen LogP contribution in [0.4, 0.5) is 0 Å². The Morgan fingerprint density at radius 1 is 1.10 bits per heavy atom. The summed E-state index contributed by atoms with van der Waals surface area (Å²) in [7, 11) is 0. The molecule has 2 unspecified atom stereocenters. The minimum absolute atomic E-state index is 0.290. The fourth-order valence-corrected chi connectivity index (χ4v) is 4.06. The first-order valence-electron chi connectivity index (χ1n) is 9.19. The monoisotopic (exact) mass is 295 g/mol. The van der Waals surface area contributed by atoms with Crippen molar-refractivity contribution >= 4 is 0 Å². The smallest absolute Gasteiger partial charge is 0.0687 e. The lowest BCUT2D eigenvalue weighted by Crippen LogP contribution is -2.36. The summed E-state index contributed by atoms with van der Waals surface area (Å²) in [4.78, 5) is 0. The number of hydrogen-bond donors (Lipinski definition) is 1. The Balaban J connectivity index is 1.84. The first-order valence-corrected chi connectivity index (χ1v) is 9.19. The fourth-order valence-electron chi connectivity index (χ4n) is 4.06. The molecule has 1 aliphatic carbocycles. The molecule has 0 radical (unpaired) electrons. The molecule has 0 aromatic carbocycles. The molecule has 2 atom stereocenters. The highest BCUT2D eigenvalue weighted by Crippen LogP contribution is 2.45. The van der Waals surface area contributed by atoms with E-state index in [9.17, 15) is 0 Å². The Bertz CT molecular complexity index is 312. The predicted molar refractivity (Wildman–Crippen MR) is 90.6 cm³/mol. The quantitative estimate of drug-likeness (QED) is 0.761. The predicted octanol–water partition coefficient (Wildman–Crippen LogP) is 4.78. The Kier molecular flexibility index (Phi) is 5.76. The van der Waals surface area contributed by atoms with Crippen molar-refractivity contribution in [3.8, 4) is 0 Å². The van der Waals surface area contributed by atoms with E-state index in [1.54, 1.807) is 0 Å². The van der Waals surface area contributed by atoms with Crippen molar-refractivity contribution in [2.45, 2.75) is 91.3 Å². The molecule has 124 valence electrons. The average Bonchev–Trinajstić information content (AvgIpc) is 2.98. The summed E-state index contributed by atoms with van der Waals surface area (Å²) in [5.41, 5.74) is 0.650. The van der Waals surface area contributed by atoms with E-state index in [4.69, 9.17) is 4.74 Å². The van der Waals surface area contributed by atoms with Crippen molar-refractivity contribution in [3.05, 3.63) is 0 Å². The van der Waals surface area contributed by atoms with E-state index in [-0.39, 0.29) is 0 Å². The van der Waals surface area contributed by atoms with Gasteiger partial charge in [0.25, 0.3) is 0 Å².